The van der Waals surface area contributed by atoms with Gasteiger partial charge in [-0.2, -0.15) is 0 Å². The van der Waals surface area contributed by atoms with E-state index < -0.39 is 0 Å². The first-order valence-corrected chi connectivity index (χ1v) is 8.55. The van der Waals surface area contributed by atoms with Gasteiger partial charge in [0.25, 0.3) is 5.91 Å². The van der Waals surface area contributed by atoms with Crippen molar-refractivity contribution in [2.24, 2.45) is 0 Å². The lowest BCUT2D eigenvalue weighted by atomic mass is 10.0. The molecule has 1 N–H and O–H groups in total. The van der Waals surface area contributed by atoms with Gasteiger partial charge in [0.05, 0.1) is 10.9 Å². The van der Waals surface area contributed by atoms with Crippen molar-refractivity contribution >= 4 is 45.9 Å². The molecule has 0 saturated carbocycles. The summed E-state index contributed by atoms with van der Waals surface area (Å²) < 4.78 is 0. The first-order chi connectivity index (χ1) is 9.66. The molecule has 0 aliphatic carbocycles. The van der Waals surface area contributed by atoms with Gasteiger partial charge in [0.2, 0.25) is 0 Å². The first-order valence-electron chi connectivity index (χ1n) is 6.38. The van der Waals surface area contributed by atoms with Crippen molar-refractivity contribution in [1.82, 2.24) is 10.2 Å². The van der Waals surface area contributed by atoms with E-state index in [4.69, 9.17) is 12.2 Å². The van der Waals surface area contributed by atoms with Crippen LogP contribution < -0.4 is 5.32 Å². The van der Waals surface area contributed by atoms with Crippen molar-refractivity contribution in [3.05, 3.63) is 44.3 Å². The quantitative estimate of drug-likeness (QED) is 0.816. The van der Waals surface area contributed by atoms with E-state index in [1.807, 2.05) is 11.4 Å². The Hall–Kier alpha value is -1.24. The average molecular weight is 322 g/mol. The van der Waals surface area contributed by atoms with Crippen LogP contribution in [0, 0.1) is 0 Å². The van der Waals surface area contributed by atoms with Crippen molar-refractivity contribution in [2.45, 2.75) is 19.4 Å². The fraction of sp³-hybridized carbons (Fsp3) is 0.286. The Morgan fingerprint density at radius 1 is 1.40 bits per heavy atom. The van der Waals surface area contributed by atoms with Gasteiger partial charge in [-0.25, -0.2) is 0 Å². The van der Waals surface area contributed by atoms with Gasteiger partial charge in [-0.05, 0) is 54.0 Å². The zero-order chi connectivity index (χ0) is 14.1. The topological polar surface area (TPSA) is 32.3 Å². The van der Waals surface area contributed by atoms with Crippen molar-refractivity contribution < 1.29 is 4.79 Å². The highest BCUT2D eigenvalue weighted by atomic mass is 32.1. The van der Waals surface area contributed by atoms with Gasteiger partial charge < -0.3 is 4.90 Å². The van der Waals surface area contributed by atoms with Crippen LogP contribution in [0.4, 0.5) is 0 Å². The standard InChI is InChI=1S/C14H14N2OS3/c1-9-10-5-8-20-11(10)4-6-16(9)14(18)15-13(17)12-3-2-7-19-12/h2-3,5,7-9H,4,6H2,1H3,(H,15,17,18)/t9-/m1/s1. The smallest absolute Gasteiger partial charge is 0.267 e. The van der Waals surface area contributed by atoms with E-state index in [-0.39, 0.29) is 11.9 Å². The lowest BCUT2D eigenvalue weighted by Crippen LogP contribution is -2.46. The summed E-state index contributed by atoms with van der Waals surface area (Å²) in [5.74, 6) is -0.117. The minimum atomic E-state index is -0.117. The van der Waals surface area contributed by atoms with Crippen molar-refractivity contribution in [2.75, 3.05) is 6.54 Å². The largest absolute Gasteiger partial charge is 0.342 e. The highest BCUT2D eigenvalue weighted by molar-refractivity contribution is 7.80. The molecule has 0 saturated heterocycles. The van der Waals surface area contributed by atoms with Gasteiger partial charge in [-0.15, -0.1) is 22.7 Å². The van der Waals surface area contributed by atoms with Crippen LogP contribution in [0.15, 0.2) is 29.0 Å². The number of carbonyl (C=O) groups is 1. The Bertz CT molecular complexity index is 633. The average Bonchev–Trinajstić information content (AvgIpc) is 3.10. The summed E-state index contributed by atoms with van der Waals surface area (Å²) in [5.41, 5.74) is 1.33. The molecule has 104 valence electrons. The Morgan fingerprint density at radius 3 is 3.00 bits per heavy atom. The molecular weight excluding hydrogens is 308 g/mol. The van der Waals surface area contributed by atoms with Gasteiger partial charge in [0, 0.05) is 11.4 Å². The number of hydrogen-bond donors (Lipinski definition) is 1. The van der Waals surface area contributed by atoms with Gasteiger partial charge in [0.15, 0.2) is 5.11 Å². The number of fused-ring (bicyclic) bond motifs is 1. The predicted octanol–water partition coefficient (Wildman–Crippen LogP) is 3.44. The number of thiocarbonyl (C=S) groups is 1. The minimum Gasteiger partial charge on any atom is -0.342 e. The molecule has 0 bridgehead atoms. The van der Waals surface area contributed by atoms with Crippen LogP contribution in [-0.4, -0.2) is 22.5 Å². The molecule has 3 nitrogen and oxygen atoms in total. The molecular formula is C14H14N2OS3. The normalized spacial score (nSPS) is 17.6. The lowest BCUT2D eigenvalue weighted by molar-refractivity contribution is 0.0975. The Morgan fingerprint density at radius 2 is 2.25 bits per heavy atom. The number of rotatable bonds is 1. The van der Waals surface area contributed by atoms with E-state index in [1.54, 1.807) is 17.4 Å². The molecule has 0 unspecified atom stereocenters. The first kappa shape index (κ1) is 13.7. The zero-order valence-corrected chi connectivity index (χ0v) is 13.4. The Kier molecular flexibility index (Phi) is 3.87. The second-order valence-corrected chi connectivity index (χ2v) is 6.99. The zero-order valence-electron chi connectivity index (χ0n) is 11.0. The van der Waals surface area contributed by atoms with E-state index in [1.165, 1.54) is 21.8 Å². The van der Waals surface area contributed by atoms with Gasteiger partial charge in [-0.1, -0.05) is 6.07 Å². The predicted molar refractivity (Wildman–Crippen MR) is 87.5 cm³/mol. The van der Waals surface area contributed by atoms with Crippen LogP contribution in [-0.2, 0) is 6.42 Å². The summed E-state index contributed by atoms with van der Waals surface area (Å²) in [5, 5.41) is 7.37. The number of carbonyl (C=O) groups excluding carboxylic acids is 1. The molecule has 0 fully saturated rings. The molecule has 20 heavy (non-hydrogen) atoms. The molecule has 3 rings (SSSR count). The molecule has 3 heterocycles. The summed E-state index contributed by atoms with van der Waals surface area (Å²) in [6, 6.07) is 6.05. The summed E-state index contributed by atoms with van der Waals surface area (Å²) in [6.45, 7) is 2.99. The molecule has 1 aliphatic heterocycles. The van der Waals surface area contributed by atoms with Crippen LogP contribution in [0.5, 0.6) is 0 Å². The van der Waals surface area contributed by atoms with Crippen molar-refractivity contribution in [3.8, 4) is 0 Å². The molecule has 0 radical (unpaired) electrons. The second-order valence-electron chi connectivity index (χ2n) is 4.66. The second kappa shape index (κ2) is 5.63. The third-order valence-electron chi connectivity index (χ3n) is 3.50. The molecule has 0 aromatic carbocycles. The Labute approximate surface area is 131 Å². The van der Waals surface area contributed by atoms with Gasteiger partial charge >= 0.3 is 0 Å². The van der Waals surface area contributed by atoms with E-state index in [0.29, 0.717) is 9.99 Å². The summed E-state index contributed by atoms with van der Waals surface area (Å²) >= 11 is 8.63. The molecule has 6 heteroatoms. The molecule has 1 amide bonds. The minimum absolute atomic E-state index is 0.117. The highest BCUT2D eigenvalue weighted by Crippen LogP contribution is 2.32. The maximum Gasteiger partial charge on any atom is 0.267 e. The molecule has 0 spiro atoms. The molecule has 2 aromatic heterocycles. The monoisotopic (exact) mass is 322 g/mol. The van der Waals surface area contributed by atoms with Crippen molar-refractivity contribution in [3.63, 3.8) is 0 Å². The van der Waals surface area contributed by atoms with Crippen LogP contribution in [0.1, 0.15) is 33.1 Å². The van der Waals surface area contributed by atoms with Gasteiger partial charge in [0.1, 0.15) is 0 Å². The third-order valence-corrected chi connectivity index (χ3v) is 5.71. The number of amides is 1. The third kappa shape index (κ3) is 2.51. The maximum atomic E-state index is 12.0. The molecule has 1 aliphatic rings. The van der Waals surface area contributed by atoms with Crippen LogP contribution in [0.3, 0.4) is 0 Å². The summed E-state index contributed by atoms with van der Waals surface area (Å²) in [7, 11) is 0. The van der Waals surface area contributed by atoms with Crippen LogP contribution >= 0.6 is 34.9 Å². The van der Waals surface area contributed by atoms with E-state index in [9.17, 15) is 4.79 Å². The molecule has 2 aromatic rings. The summed E-state index contributed by atoms with van der Waals surface area (Å²) in [4.78, 5) is 16.3. The number of hydrogen-bond acceptors (Lipinski definition) is 4. The number of nitrogens with one attached hydrogen (secondary N) is 1. The lowest BCUT2D eigenvalue weighted by Gasteiger charge is -2.35. The highest BCUT2D eigenvalue weighted by Gasteiger charge is 2.27. The van der Waals surface area contributed by atoms with Crippen molar-refractivity contribution in [1.29, 1.82) is 0 Å². The Balaban J connectivity index is 1.71. The van der Waals surface area contributed by atoms with Crippen LogP contribution in [0.25, 0.3) is 0 Å². The fourth-order valence-electron chi connectivity index (χ4n) is 2.43. The van der Waals surface area contributed by atoms with Gasteiger partial charge in [-0.3, -0.25) is 10.1 Å². The van der Waals surface area contributed by atoms with E-state index in [2.05, 4.69) is 28.6 Å². The van der Waals surface area contributed by atoms with E-state index in [0.717, 1.165) is 13.0 Å². The number of nitrogens with zero attached hydrogens (tertiary/aromatic N) is 1. The number of thiophene rings is 2. The SMILES string of the molecule is C[C@@H]1c2ccsc2CCN1C(=S)NC(=O)c1cccs1. The fourth-order valence-corrected chi connectivity index (χ4v) is 4.35. The summed E-state index contributed by atoms with van der Waals surface area (Å²) in [6.07, 6.45) is 0.992. The van der Waals surface area contributed by atoms with Crippen LogP contribution in [0.2, 0.25) is 0 Å². The molecule has 1 atom stereocenters. The maximum absolute atomic E-state index is 12.0. The van der Waals surface area contributed by atoms with E-state index >= 15 is 0 Å².